The maximum Gasteiger partial charge on any atom is 0.308 e. The van der Waals surface area contributed by atoms with Crippen LogP contribution >= 0.6 is 11.6 Å². The van der Waals surface area contributed by atoms with Gasteiger partial charge in [0, 0.05) is 17.8 Å². The van der Waals surface area contributed by atoms with Gasteiger partial charge in [-0.15, -0.1) is 0 Å². The van der Waals surface area contributed by atoms with Crippen molar-refractivity contribution in [2.75, 3.05) is 6.54 Å². The molecule has 0 fully saturated rings. The molecule has 1 unspecified atom stereocenters. The van der Waals surface area contributed by atoms with Gasteiger partial charge in [0.05, 0.1) is 5.92 Å². The number of aromatic nitrogens is 1. The van der Waals surface area contributed by atoms with Gasteiger partial charge < -0.3 is 10.4 Å². The number of carbonyl (C=O) groups is 2. The Hall–Kier alpha value is -1.62. The molecule has 1 aromatic rings. The quantitative estimate of drug-likeness (QED) is 0.839. The smallest absolute Gasteiger partial charge is 0.308 e. The SMILES string of the molecule is CC(C)CC(CNC(=O)c1cc(Cl)ccn1)C(=O)O. The normalized spacial score (nSPS) is 12.2. The number of nitrogens with zero attached hydrogens (tertiary/aromatic N) is 1. The molecule has 0 aromatic carbocycles. The first kappa shape index (κ1) is 15.4. The first-order chi connectivity index (χ1) is 8.90. The summed E-state index contributed by atoms with van der Waals surface area (Å²) in [5, 5.41) is 12.0. The Morgan fingerprint density at radius 1 is 1.47 bits per heavy atom. The molecule has 1 atom stereocenters. The zero-order valence-corrected chi connectivity index (χ0v) is 11.6. The monoisotopic (exact) mass is 284 g/mol. The predicted molar refractivity (Wildman–Crippen MR) is 72.2 cm³/mol. The molecule has 0 saturated carbocycles. The highest BCUT2D eigenvalue weighted by molar-refractivity contribution is 6.30. The topological polar surface area (TPSA) is 79.3 Å². The second-order valence-corrected chi connectivity index (χ2v) is 5.17. The van der Waals surface area contributed by atoms with Crippen molar-refractivity contribution in [2.24, 2.45) is 11.8 Å². The summed E-state index contributed by atoms with van der Waals surface area (Å²) in [6.45, 7) is 3.97. The summed E-state index contributed by atoms with van der Waals surface area (Å²) in [4.78, 5) is 26.7. The van der Waals surface area contributed by atoms with Gasteiger partial charge in [-0.3, -0.25) is 14.6 Å². The Labute approximate surface area is 117 Å². The van der Waals surface area contributed by atoms with E-state index in [0.29, 0.717) is 11.4 Å². The number of carboxylic acids is 1. The molecule has 0 spiro atoms. The van der Waals surface area contributed by atoms with Crippen LogP contribution in [0.5, 0.6) is 0 Å². The summed E-state index contributed by atoms with van der Waals surface area (Å²) >= 11 is 5.76. The third-order valence-electron chi connectivity index (χ3n) is 2.57. The Morgan fingerprint density at radius 3 is 2.68 bits per heavy atom. The average molecular weight is 285 g/mol. The zero-order valence-electron chi connectivity index (χ0n) is 10.9. The first-order valence-corrected chi connectivity index (χ1v) is 6.40. The lowest BCUT2D eigenvalue weighted by molar-refractivity contribution is -0.142. The molecule has 1 rings (SSSR count). The second kappa shape index (κ2) is 7.09. The van der Waals surface area contributed by atoms with E-state index in [1.807, 2.05) is 13.8 Å². The number of aliphatic carboxylic acids is 1. The van der Waals surface area contributed by atoms with Gasteiger partial charge in [0.2, 0.25) is 0 Å². The zero-order chi connectivity index (χ0) is 14.4. The molecule has 2 N–H and O–H groups in total. The summed E-state index contributed by atoms with van der Waals surface area (Å²) in [6, 6.07) is 3.01. The maximum absolute atomic E-state index is 11.8. The van der Waals surface area contributed by atoms with E-state index in [0.717, 1.165) is 0 Å². The van der Waals surface area contributed by atoms with Crippen molar-refractivity contribution >= 4 is 23.5 Å². The molecule has 1 amide bonds. The Morgan fingerprint density at radius 2 is 2.16 bits per heavy atom. The van der Waals surface area contributed by atoms with Crippen LogP contribution in [-0.4, -0.2) is 28.5 Å². The van der Waals surface area contributed by atoms with Crippen molar-refractivity contribution in [3.8, 4) is 0 Å². The molecule has 5 nitrogen and oxygen atoms in total. The van der Waals surface area contributed by atoms with Crippen LogP contribution < -0.4 is 5.32 Å². The van der Waals surface area contributed by atoms with E-state index in [1.54, 1.807) is 6.07 Å². The lowest BCUT2D eigenvalue weighted by Gasteiger charge is -2.15. The van der Waals surface area contributed by atoms with Gasteiger partial charge in [0.25, 0.3) is 5.91 Å². The number of halogens is 1. The first-order valence-electron chi connectivity index (χ1n) is 6.02. The third-order valence-corrected chi connectivity index (χ3v) is 2.80. The van der Waals surface area contributed by atoms with Crippen LogP contribution in [0.3, 0.4) is 0 Å². The molecule has 0 aliphatic carbocycles. The Balaban J connectivity index is 2.59. The van der Waals surface area contributed by atoms with Crippen LogP contribution in [0.15, 0.2) is 18.3 Å². The van der Waals surface area contributed by atoms with E-state index in [9.17, 15) is 9.59 Å². The molecule has 0 radical (unpaired) electrons. The highest BCUT2D eigenvalue weighted by Crippen LogP contribution is 2.12. The average Bonchev–Trinajstić information content (AvgIpc) is 2.33. The standard InChI is InChI=1S/C13H17ClN2O3/c1-8(2)5-9(13(18)19)7-16-12(17)11-6-10(14)3-4-15-11/h3-4,6,8-9H,5,7H2,1-2H3,(H,16,17)(H,18,19). The lowest BCUT2D eigenvalue weighted by atomic mass is 9.97. The number of carboxylic acid groups (broad SMARTS) is 1. The third kappa shape index (κ3) is 5.26. The Kier molecular flexibility index (Phi) is 5.76. The van der Waals surface area contributed by atoms with Crippen molar-refractivity contribution in [1.82, 2.24) is 10.3 Å². The van der Waals surface area contributed by atoms with Gasteiger partial charge in [-0.05, 0) is 24.5 Å². The van der Waals surface area contributed by atoms with Crippen LogP contribution in [-0.2, 0) is 4.79 Å². The molecule has 104 valence electrons. The van der Waals surface area contributed by atoms with Crippen molar-refractivity contribution < 1.29 is 14.7 Å². The molecule has 1 aromatic heterocycles. The molecule has 19 heavy (non-hydrogen) atoms. The predicted octanol–water partition coefficient (Wildman–Crippen LogP) is 2.21. The minimum absolute atomic E-state index is 0.0839. The summed E-state index contributed by atoms with van der Waals surface area (Å²) in [5.74, 6) is -1.67. The molecular formula is C13H17ClN2O3. The maximum atomic E-state index is 11.8. The van der Waals surface area contributed by atoms with Crippen molar-refractivity contribution in [2.45, 2.75) is 20.3 Å². The van der Waals surface area contributed by atoms with E-state index in [1.165, 1.54) is 12.3 Å². The number of pyridine rings is 1. The highest BCUT2D eigenvalue weighted by Gasteiger charge is 2.20. The molecule has 0 aliphatic rings. The van der Waals surface area contributed by atoms with Gasteiger partial charge >= 0.3 is 5.97 Å². The number of hydrogen-bond donors (Lipinski definition) is 2. The molecule has 0 aliphatic heterocycles. The van der Waals surface area contributed by atoms with E-state index >= 15 is 0 Å². The molecule has 6 heteroatoms. The van der Waals surface area contributed by atoms with Gasteiger partial charge in [-0.25, -0.2) is 0 Å². The van der Waals surface area contributed by atoms with Crippen LogP contribution in [0.25, 0.3) is 0 Å². The number of amides is 1. The summed E-state index contributed by atoms with van der Waals surface area (Å²) in [6.07, 6.45) is 1.94. The van der Waals surface area contributed by atoms with Crippen LogP contribution in [0, 0.1) is 11.8 Å². The van der Waals surface area contributed by atoms with Crippen molar-refractivity contribution in [3.63, 3.8) is 0 Å². The van der Waals surface area contributed by atoms with Crippen molar-refractivity contribution in [3.05, 3.63) is 29.0 Å². The number of carbonyl (C=O) groups excluding carboxylic acids is 1. The van der Waals surface area contributed by atoms with Crippen LogP contribution in [0.4, 0.5) is 0 Å². The van der Waals surface area contributed by atoms with Crippen LogP contribution in [0.1, 0.15) is 30.8 Å². The highest BCUT2D eigenvalue weighted by atomic mass is 35.5. The summed E-state index contributed by atoms with van der Waals surface area (Å²) in [7, 11) is 0. The minimum Gasteiger partial charge on any atom is -0.481 e. The fraction of sp³-hybridized carbons (Fsp3) is 0.462. The second-order valence-electron chi connectivity index (χ2n) is 4.73. The molecule has 0 bridgehead atoms. The van der Waals surface area contributed by atoms with Gasteiger partial charge in [0.1, 0.15) is 5.69 Å². The van der Waals surface area contributed by atoms with E-state index < -0.39 is 17.8 Å². The Bertz CT molecular complexity index is 463. The summed E-state index contributed by atoms with van der Waals surface area (Å²) in [5.41, 5.74) is 0.182. The largest absolute Gasteiger partial charge is 0.481 e. The van der Waals surface area contributed by atoms with Crippen molar-refractivity contribution in [1.29, 1.82) is 0 Å². The fourth-order valence-corrected chi connectivity index (χ4v) is 1.84. The lowest BCUT2D eigenvalue weighted by Crippen LogP contribution is -2.34. The molecule has 0 saturated heterocycles. The van der Waals surface area contributed by atoms with E-state index in [2.05, 4.69) is 10.3 Å². The fourth-order valence-electron chi connectivity index (χ4n) is 1.68. The van der Waals surface area contributed by atoms with Gasteiger partial charge in [-0.2, -0.15) is 0 Å². The van der Waals surface area contributed by atoms with Crippen LogP contribution in [0.2, 0.25) is 5.02 Å². The minimum atomic E-state index is -0.909. The van der Waals surface area contributed by atoms with Gasteiger partial charge in [-0.1, -0.05) is 25.4 Å². The molecule has 1 heterocycles. The van der Waals surface area contributed by atoms with E-state index in [-0.39, 0.29) is 18.2 Å². The van der Waals surface area contributed by atoms with Gasteiger partial charge in [0.15, 0.2) is 0 Å². The number of rotatable bonds is 6. The number of nitrogens with one attached hydrogen (secondary N) is 1. The summed E-state index contributed by atoms with van der Waals surface area (Å²) < 4.78 is 0. The van der Waals surface area contributed by atoms with E-state index in [4.69, 9.17) is 16.7 Å². The number of hydrogen-bond acceptors (Lipinski definition) is 3. The molecular weight excluding hydrogens is 268 g/mol.